The number of nitrogens with two attached hydrogens (primary N) is 1. The molecule has 0 spiro atoms. The molecule has 8 nitrogen and oxygen atoms in total. The monoisotopic (exact) mass is 691 g/mol. The van der Waals surface area contributed by atoms with Crippen LogP contribution in [-0.2, 0) is 33.0 Å². The normalized spacial score (nSPS) is 20.6. The summed E-state index contributed by atoms with van der Waals surface area (Å²) >= 11 is 0. The Morgan fingerprint density at radius 2 is 1.86 bits per heavy atom. The van der Waals surface area contributed by atoms with Gasteiger partial charge in [-0.05, 0) is 79.5 Å². The summed E-state index contributed by atoms with van der Waals surface area (Å²) in [6, 6.07) is 14.6. The number of hydrogen-bond acceptors (Lipinski definition) is 6. The third-order valence-corrected chi connectivity index (χ3v) is 11.3. The Morgan fingerprint density at radius 1 is 1.08 bits per heavy atom. The Kier molecular flexibility index (Phi) is 10.3. The van der Waals surface area contributed by atoms with E-state index in [1.165, 1.54) is 36.6 Å². The third kappa shape index (κ3) is 8.57. The molecule has 1 aliphatic heterocycles. The minimum atomic E-state index is -3.59. The molecule has 1 unspecified atom stereocenters. The van der Waals surface area contributed by atoms with Crippen LogP contribution in [-0.4, -0.2) is 42.2 Å². The van der Waals surface area contributed by atoms with Gasteiger partial charge in [-0.1, -0.05) is 51.5 Å². The SMILES string of the molecule is C[C@H](Cc1cccc(C2(C)CCCC(C)(C)CS(=O)(=O)CCc3c(c(F)cc4[nH]ccc34)Oc3ccc(F)c(c3)C(N)=CC=N2)c1)C(=O)O. The second-order valence-electron chi connectivity index (χ2n) is 14.0. The maximum atomic E-state index is 15.5. The Morgan fingerprint density at radius 3 is 2.61 bits per heavy atom. The molecule has 4 N–H and O–H groups in total. The first kappa shape index (κ1) is 35.8. The number of carboxylic acids is 1. The van der Waals surface area contributed by atoms with Crippen molar-refractivity contribution in [2.24, 2.45) is 22.1 Å². The van der Waals surface area contributed by atoms with Gasteiger partial charge in [-0.3, -0.25) is 9.79 Å². The van der Waals surface area contributed by atoms with Gasteiger partial charge in [0.15, 0.2) is 21.4 Å². The van der Waals surface area contributed by atoms with Gasteiger partial charge >= 0.3 is 5.97 Å². The molecule has 4 aromatic rings. The molecule has 11 heteroatoms. The van der Waals surface area contributed by atoms with Crippen LogP contribution in [0.4, 0.5) is 8.78 Å². The molecule has 5 rings (SSSR count). The van der Waals surface area contributed by atoms with Gasteiger partial charge in [0.2, 0.25) is 0 Å². The predicted octanol–water partition coefficient (Wildman–Crippen LogP) is 7.95. The zero-order valence-corrected chi connectivity index (χ0v) is 29.0. The number of H-pyrrole nitrogens is 1. The predicted molar refractivity (Wildman–Crippen MR) is 190 cm³/mol. The van der Waals surface area contributed by atoms with Crippen LogP contribution in [0, 0.1) is 23.0 Å². The van der Waals surface area contributed by atoms with Crippen molar-refractivity contribution in [3.8, 4) is 11.5 Å². The van der Waals surface area contributed by atoms with E-state index in [2.05, 4.69) is 4.98 Å². The summed E-state index contributed by atoms with van der Waals surface area (Å²) in [6.45, 7) is 7.47. The van der Waals surface area contributed by atoms with E-state index in [0.717, 1.165) is 11.1 Å². The average Bonchev–Trinajstić information content (AvgIpc) is 3.48. The van der Waals surface area contributed by atoms with Gasteiger partial charge < -0.3 is 20.6 Å². The van der Waals surface area contributed by atoms with Crippen molar-refractivity contribution in [1.82, 2.24) is 4.98 Å². The number of allylic oxidation sites excluding steroid dienone is 1. The molecule has 3 aromatic carbocycles. The number of fused-ring (bicyclic) bond motifs is 5. The van der Waals surface area contributed by atoms with E-state index < -0.39 is 44.3 Å². The van der Waals surface area contributed by atoms with Crippen LogP contribution in [0.3, 0.4) is 0 Å². The molecule has 0 saturated heterocycles. The summed E-state index contributed by atoms with van der Waals surface area (Å²) in [5, 5.41) is 10.1. The molecular formula is C38H43F2N3O5S. The number of halogens is 2. The van der Waals surface area contributed by atoms with Crippen LogP contribution in [0.2, 0.25) is 0 Å². The first-order valence-corrected chi connectivity index (χ1v) is 18.2. The zero-order valence-electron chi connectivity index (χ0n) is 28.2. The van der Waals surface area contributed by atoms with Gasteiger partial charge in [-0.2, -0.15) is 0 Å². The number of aromatic nitrogens is 1. The first-order valence-electron chi connectivity index (χ1n) is 16.4. The lowest BCUT2D eigenvalue weighted by atomic mass is 9.82. The molecule has 0 fully saturated rings. The number of carbonyl (C=O) groups is 1. The molecule has 0 aliphatic carbocycles. The van der Waals surface area contributed by atoms with Gasteiger partial charge in [0, 0.05) is 46.2 Å². The number of hydrogen-bond donors (Lipinski definition) is 3. The molecule has 0 amide bonds. The zero-order chi connectivity index (χ0) is 35.6. The van der Waals surface area contributed by atoms with Gasteiger partial charge in [0.1, 0.15) is 11.6 Å². The summed E-state index contributed by atoms with van der Waals surface area (Å²) < 4.78 is 63.8. The van der Waals surface area contributed by atoms with Crippen molar-refractivity contribution in [3.05, 3.63) is 101 Å². The van der Waals surface area contributed by atoms with Crippen molar-refractivity contribution in [1.29, 1.82) is 0 Å². The average molecular weight is 692 g/mol. The third-order valence-electron chi connectivity index (χ3n) is 9.25. The maximum Gasteiger partial charge on any atom is 0.306 e. The molecule has 2 atom stereocenters. The van der Waals surface area contributed by atoms with Crippen LogP contribution < -0.4 is 10.5 Å². The van der Waals surface area contributed by atoms with Crippen LogP contribution in [0.15, 0.2) is 71.9 Å². The van der Waals surface area contributed by atoms with E-state index in [0.29, 0.717) is 42.1 Å². The maximum absolute atomic E-state index is 15.5. The highest BCUT2D eigenvalue weighted by atomic mass is 32.2. The van der Waals surface area contributed by atoms with Gasteiger partial charge in [0.25, 0.3) is 0 Å². The fraction of sp³-hybridized carbons (Fsp3) is 0.368. The number of aromatic amines is 1. The van der Waals surface area contributed by atoms with E-state index in [1.807, 2.05) is 45.0 Å². The van der Waals surface area contributed by atoms with E-state index in [1.54, 1.807) is 19.2 Å². The fourth-order valence-electron chi connectivity index (χ4n) is 6.53. The molecular weight excluding hydrogens is 648 g/mol. The van der Waals surface area contributed by atoms with E-state index in [9.17, 15) is 18.3 Å². The summed E-state index contributed by atoms with van der Waals surface area (Å²) in [5.41, 5.74) is 7.73. The lowest BCUT2D eigenvalue weighted by Gasteiger charge is -2.30. The minimum absolute atomic E-state index is 0.0126. The highest BCUT2D eigenvalue weighted by molar-refractivity contribution is 7.91. The highest BCUT2D eigenvalue weighted by Gasteiger charge is 2.31. The van der Waals surface area contributed by atoms with Gasteiger partial charge in [-0.15, -0.1) is 0 Å². The number of aliphatic carboxylic acids is 1. The number of carboxylic acid groups (broad SMARTS) is 1. The highest BCUT2D eigenvalue weighted by Crippen LogP contribution is 2.38. The summed E-state index contributed by atoms with van der Waals surface area (Å²) in [7, 11) is -3.59. The summed E-state index contributed by atoms with van der Waals surface area (Å²) in [5.74, 6) is -3.03. The largest absolute Gasteiger partial charge is 0.481 e. The Hall–Kier alpha value is -4.51. The summed E-state index contributed by atoms with van der Waals surface area (Å²) in [6.07, 6.45) is 6.80. The van der Waals surface area contributed by atoms with E-state index in [-0.39, 0.29) is 40.7 Å². The van der Waals surface area contributed by atoms with Crippen molar-refractivity contribution >= 4 is 38.6 Å². The quantitative estimate of drug-likeness (QED) is 0.199. The van der Waals surface area contributed by atoms with Crippen molar-refractivity contribution in [2.75, 3.05) is 11.5 Å². The molecule has 49 heavy (non-hydrogen) atoms. The second-order valence-corrected chi connectivity index (χ2v) is 16.2. The van der Waals surface area contributed by atoms with Gasteiger partial charge in [-0.25, -0.2) is 17.2 Å². The molecule has 0 saturated carbocycles. The molecule has 1 aromatic heterocycles. The standard InChI is InChI=1S/C38H43F2N3O5S/c1-24(36(44)45)19-25-7-5-8-26(20-25)38(4)15-6-14-37(2,3)23-49(46,47)18-13-29-28-11-16-42-34(28)22-32(40)35(29)48-27-9-10-31(39)30(21-27)33(41)12-17-43-38/h5,7-12,16-17,20-22,24,42H,6,13-15,18-19,23,41H2,1-4H3,(H,44,45)/t24-,38?/m1/s1. The Labute approximate surface area is 286 Å². The minimum Gasteiger partial charge on any atom is -0.481 e. The fourth-order valence-corrected chi connectivity index (χ4v) is 8.52. The van der Waals surface area contributed by atoms with Crippen molar-refractivity contribution in [3.63, 3.8) is 0 Å². The van der Waals surface area contributed by atoms with Crippen molar-refractivity contribution in [2.45, 2.75) is 65.3 Å². The number of benzene rings is 3. The van der Waals surface area contributed by atoms with E-state index in [4.69, 9.17) is 15.5 Å². The van der Waals surface area contributed by atoms with Crippen LogP contribution in [0.1, 0.15) is 69.2 Å². The van der Waals surface area contributed by atoms with Crippen LogP contribution >= 0.6 is 0 Å². The first-order chi connectivity index (χ1) is 23.1. The van der Waals surface area contributed by atoms with Gasteiger partial charge in [0.05, 0.1) is 23.0 Å². The van der Waals surface area contributed by atoms with Crippen LogP contribution in [0.25, 0.3) is 16.6 Å². The number of aryl methyl sites for hydroxylation is 1. The van der Waals surface area contributed by atoms with Crippen LogP contribution in [0.5, 0.6) is 11.5 Å². The number of sulfone groups is 1. The molecule has 260 valence electrons. The second kappa shape index (κ2) is 14.2. The smallest absolute Gasteiger partial charge is 0.306 e. The molecule has 2 heterocycles. The lowest BCUT2D eigenvalue weighted by molar-refractivity contribution is -0.141. The van der Waals surface area contributed by atoms with Crippen molar-refractivity contribution < 1.29 is 31.8 Å². The number of ether oxygens (including phenoxy) is 1. The lowest BCUT2D eigenvalue weighted by Crippen LogP contribution is -2.28. The molecule has 1 aliphatic rings. The Balaban J connectivity index is 1.58. The molecule has 2 bridgehead atoms. The number of nitrogens with one attached hydrogen (secondary N) is 1. The Bertz CT molecular complexity index is 2040. The topological polar surface area (TPSA) is 135 Å². The number of rotatable bonds is 4. The number of aliphatic imine (C=N–C) groups is 1. The summed E-state index contributed by atoms with van der Waals surface area (Å²) in [4.78, 5) is 19.4. The van der Waals surface area contributed by atoms with E-state index >= 15 is 8.78 Å². The number of nitrogens with zero attached hydrogens (tertiary/aromatic N) is 1. The molecule has 0 radical (unpaired) electrons.